The summed E-state index contributed by atoms with van der Waals surface area (Å²) in [5.74, 6) is -2.34. The summed E-state index contributed by atoms with van der Waals surface area (Å²) in [4.78, 5) is 22.1. The van der Waals surface area contributed by atoms with Crippen LogP contribution in [0.2, 0.25) is 0 Å². The van der Waals surface area contributed by atoms with E-state index in [0.29, 0.717) is 19.3 Å². The number of aliphatic carboxylic acids is 2. The zero-order chi connectivity index (χ0) is 16.7. The lowest BCUT2D eigenvalue weighted by atomic mass is 9.89. The fourth-order valence-corrected chi connectivity index (χ4v) is 2.68. The summed E-state index contributed by atoms with van der Waals surface area (Å²) in [6.45, 7) is 0. The Morgan fingerprint density at radius 1 is 0.913 bits per heavy atom. The molecule has 4 heteroatoms. The van der Waals surface area contributed by atoms with Crippen LogP contribution in [0.1, 0.15) is 24.8 Å². The molecule has 0 fully saturated rings. The van der Waals surface area contributed by atoms with Gasteiger partial charge < -0.3 is 10.2 Å². The number of hydrogen-bond acceptors (Lipinski definition) is 2. The summed E-state index contributed by atoms with van der Waals surface area (Å²) >= 11 is 0. The highest BCUT2D eigenvalue weighted by atomic mass is 16.4. The van der Waals surface area contributed by atoms with Gasteiger partial charge >= 0.3 is 11.9 Å². The lowest BCUT2D eigenvalue weighted by Gasteiger charge is -2.15. The molecule has 0 saturated carbocycles. The van der Waals surface area contributed by atoms with Crippen LogP contribution in [0.25, 0.3) is 11.1 Å². The molecule has 120 valence electrons. The highest BCUT2D eigenvalue weighted by molar-refractivity contribution is 5.73. The lowest BCUT2D eigenvalue weighted by molar-refractivity contribution is -0.143. The first kappa shape index (κ1) is 16.7. The van der Waals surface area contributed by atoms with E-state index in [2.05, 4.69) is 0 Å². The molecule has 0 radical (unpaired) electrons. The van der Waals surface area contributed by atoms with Gasteiger partial charge in [-0.2, -0.15) is 0 Å². The smallest absolute Gasteiger partial charge is 0.306 e. The third-order valence-corrected chi connectivity index (χ3v) is 3.86. The Bertz CT molecular complexity index is 664. The lowest BCUT2D eigenvalue weighted by Crippen LogP contribution is -2.17. The first-order chi connectivity index (χ1) is 11.1. The average Bonchev–Trinajstić information content (AvgIpc) is 2.54. The van der Waals surface area contributed by atoms with E-state index >= 15 is 0 Å². The van der Waals surface area contributed by atoms with Crippen LogP contribution >= 0.6 is 0 Å². The van der Waals surface area contributed by atoms with Gasteiger partial charge in [0.15, 0.2) is 0 Å². The van der Waals surface area contributed by atoms with Crippen LogP contribution in [0.4, 0.5) is 0 Å². The van der Waals surface area contributed by atoms with Crippen LogP contribution in [0, 0.1) is 5.92 Å². The monoisotopic (exact) mass is 312 g/mol. The van der Waals surface area contributed by atoms with Crippen LogP contribution in [0.15, 0.2) is 54.6 Å². The summed E-state index contributed by atoms with van der Waals surface area (Å²) < 4.78 is 0. The second-order valence-corrected chi connectivity index (χ2v) is 5.55. The minimum atomic E-state index is -0.890. The molecule has 0 aromatic heterocycles. The van der Waals surface area contributed by atoms with Gasteiger partial charge in [-0.15, -0.1) is 0 Å². The fourth-order valence-electron chi connectivity index (χ4n) is 2.68. The molecule has 4 nitrogen and oxygen atoms in total. The molecule has 0 amide bonds. The molecule has 0 spiro atoms. The maximum absolute atomic E-state index is 11.5. The number of benzene rings is 2. The molecule has 0 heterocycles. The Balaban J connectivity index is 2.17. The van der Waals surface area contributed by atoms with Crippen molar-refractivity contribution in [2.75, 3.05) is 0 Å². The molecule has 2 rings (SSSR count). The number of carboxylic acids is 2. The minimum absolute atomic E-state index is 0.00408. The van der Waals surface area contributed by atoms with Crippen LogP contribution in [0.3, 0.4) is 0 Å². The summed E-state index contributed by atoms with van der Waals surface area (Å²) in [5, 5.41) is 18.1. The highest BCUT2D eigenvalue weighted by Gasteiger charge is 2.19. The van der Waals surface area contributed by atoms with Crippen molar-refractivity contribution in [2.24, 2.45) is 5.92 Å². The summed E-state index contributed by atoms with van der Waals surface area (Å²) in [5.41, 5.74) is 3.05. The molecule has 0 aliphatic heterocycles. The van der Waals surface area contributed by atoms with Crippen molar-refractivity contribution in [3.8, 4) is 11.1 Å². The molecule has 0 aliphatic carbocycles. The Hall–Kier alpha value is -2.62. The number of hydrogen-bond donors (Lipinski definition) is 2. The molecule has 2 aromatic rings. The maximum Gasteiger partial charge on any atom is 0.306 e. The highest BCUT2D eigenvalue weighted by Crippen LogP contribution is 2.27. The van der Waals surface area contributed by atoms with Gasteiger partial charge in [-0.25, -0.2) is 0 Å². The van der Waals surface area contributed by atoms with E-state index in [1.165, 1.54) is 0 Å². The first-order valence-electron chi connectivity index (χ1n) is 7.66. The third-order valence-electron chi connectivity index (χ3n) is 3.86. The van der Waals surface area contributed by atoms with Gasteiger partial charge in [-0.1, -0.05) is 54.6 Å². The molecule has 2 aromatic carbocycles. The predicted octanol–water partition coefficient (Wildman–Crippen LogP) is 3.85. The van der Waals surface area contributed by atoms with Crippen molar-refractivity contribution in [3.63, 3.8) is 0 Å². The number of rotatable bonds is 8. The number of carboxylic acid groups (broad SMARTS) is 2. The fraction of sp³-hybridized carbons (Fsp3) is 0.263. The minimum Gasteiger partial charge on any atom is -0.481 e. The van der Waals surface area contributed by atoms with Crippen molar-refractivity contribution in [3.05, 3.63) is 60.2 Å². The summed E-state index contributed by atoms with van der Waals surface area (Å²) in [7, 11) is 0. The van der Waals surface area contributed by atoms with Gasteiger partial charge in [0.2, 0.25) is 0 Å². The van der Waals surface area contributed by atoms with Gasteiger partial charge in [0.05, 0.1) is 5.92 Å². The van der Waals surface area contributed by atoms with E-state index in [0.717, 1.165) is 16.7 Å². The second kappa shape index (κ2) is 8.13. The first-order valence-corrected chi connectivity index (χ1v) is 7.66. The molecule has 0 bridgehead atoms. The van der Waals surface area contributed by atoms with E-state index in [1.807, 2.05) is 54.6 Å². The van der Waals surface area contributed by atoms with E-state index in [1.54, 1.807) is 0 Å². The molecule has 23 heavy (non-hydrogen) atoms. The standard InChI is InChI=1S/C19H20O4/c20-18(21)12-6-10-16(19(22)23)13-15-9-4-5-11-17(15)14-7-2-1-3-8-14/h1-5,7-9,11,16H,6,10,12-13H2,(H,20,21)(H,22,23). The molecule has 0 saturated heterocycles. The molecule has 0 aliphatic rings. The van der Waals surface area contributed by atoms with Crippen molar-refractivity contribution >= 4 is 11.9 Å². The second-order valence-electron chi connectivity index (χ2n) is 5.55. The zero-order valence-corrected chi connectivity index (χ0v) is 12.8. The molecule has 2 N–H and O–H groups in total. The molecular weight excluding hydrogens is 292 g/mol. The number of carbonyl (C=O) groups is 2. The average molecular weight is 312 g/mol. The van der Waals surface area contributed by atoms with E-state index in [-0.39, 0.29) is 6.42 Å². The van der Waals surface area contributed by atoms with E-state index in [4.69, 9.17) is 5.11 Å². The topological polar surface area (TPSA) is 74.6 Å². The normalized spacial score (nSPS) is 11.8. The van der Waals surface area contributed by atoms with Crippen molar-refractivity contribution in [1.29, 1.82) is 0 Å². The summed E-state index contributed by atoms with van der Waals surface area (Å²) in [6, 6.07) is 17.6. The van der Waals surface area contributed by atoms with Gasteiger partial charge in [-0.05, 0) is 36.0 Å². The predicted molar refractivity (Wildman–Crippen MR) is 88.2 cm³/mol. The Labute approximate surface area is 135 Å². The Morgan fingerprint density at radius 3 is 2.22 bits per heavy atom. The quantitative estimate of drug-likeness (QED) is 0.776. The van der Waals surface area contributed by atoms with Gasteiger partial charge in [-0.3, -0.25) is 9.59 Å². The molecular formula is C19H20O4. The van der Waals surface area contributed by atoms with Crippen molar-refractivity contribution in [2.45, 2.75) is 25.7 Å². The van der Waals surface area contributed by atoms with Crippen molar-refractivity contribution in [1.82, 2.24) is 0 Å². The zero-order valence-electron chi connectivity index (χ0n) is 12.8. The van der Waals surface area contributed by atoms with Crippen LogP contribution in [0.5, 0.6) is 0 Å². The third kappa shape index (κ3) is 4.95. The van der Waals surface area contributed by atoms with Gasteiger partial charge in [0.25, 0.3) is 0 Å². The molecule has 1 atom stereocenters. The Morgan fingerprint density at radius 2 is 1.57 bits per heavy atom. The van der Waals surface area contributed by atoms with Gasteiger partial charge in [0, 0.05) is 6.42 Å². The van der Waals surface area contributed by atoms with Crippen LogP contribution in [-0.2, 0) is 16.0 Å². The largest absolute Gasteiger partial charge is 0.481 e. The van der Waals surface area contributed by atoms with E-state index < -0.39 is 17.9 Å². The van der Waals surface area contributed by atoms with Gasteiger partial charge in [0.1, 0.15) is 0 Å². The van der Waals surface area contributed by atoms with Crippen LogP contribution in [-0.4, -0.2) is 22.2 Å². The maximum atomic E-state index is 11.5. The Kier molecular flexibility index (Phi) is 5.92. The van der Waals surface area contributed by atoms with E-state index in [9.17, 15) is 14.7 Å². The van der Waals surface area contributed by atoms with Crippen LogP contribution < -0.4 is 0 Å². The molecule has 1 unspecified atom stereocenters. The van der Waals surface area contributed by atoms with Crippen molar-refractivity contribution < 1.29 is 19.8 Å². The SMILES string of the molecule is O=C(O)CCCC(Cc1ccccc1-c1ccccc1)C(=O)O. The summed E-state index contributed by atoms with van der Waals surface area (Å²) in [6.07, 6.45) is 1.15.